The topological polar surface area (TPSA) is 71.2 Å². The second-order valence-electron chi connectivity index (χ2n) is 5.22. The first kappa shape index (κ1) is 14.5. The van der Waals surface area contributed by atoms with Crippen LogP contribution < -0.4 is 0 Å². The van der Waals surface area contributed by atoms with Crippen LogP contribution in [0.25, 0.3) is 0 Å². The Hall–Kier alpha value is -1.48. The third-order valence-corrected chi connectivity index (χ3v) is 4.61. The Morgan fingerprint density at radius 3 is 2.62 bits per heavy atom. The van der Waals surface area contributed by atoms with Crippen molar-refractivity contribution < 1.29 is 9.90 Å². The summed E-state index contributed by atoms with van der Waals surface area (Å²) in [6.07, 6.45) is 1.50. The van der Waals surface area contributed by atoms with E-state index in [4.69, 9.17) is 5.11 Å². The summed E-state index contributed by atoms with van der Waals surface area (Å²) in [6, 6.07) is 9.08. The van der Waals surface area contributed by atoms with Gasteiger partial charge in [0, 0.05) is 22.7 Å². The number of benzene rings is 1. The van der Waals surface area contributed by atoms with Crippen LogP contribution in [0, 0.1) is 3.57 Å². The lowest BCUT2D eigenvalue weighted by Crippen LogP contribution is -2.48. The van der Waals surface area contributed by atoms with E-state index in [1.54, 1.807) is 4.68 Å². The van der Waals surface area contributed by atoms with E-state index in [9.17, 15) is 4.79 Å². The number of carboxylic acid groups (broad SMARTS) is 1. The molecule has 0 saturated carbocycles. The van der Waals surface area contributed by atoms with Gasteiger partial charge in [-0.05, 0) is 47.2 Å². The minimum atomic E-state index is -1.04. The molecule has 1 unspecified atom stereocenters. The molecule has 1 atom stereocenters. The van der Waals surface area contributed by atoms with Crippen molar-refractivity contribution in [3.05, 3.63) is 45.3 Å². The molecular weight excluding hydrogens is 383 g/mol. The van der Waals surface area contributed by atoms with Crippen molar-refractivity contribution in [2.75, 3.05) is 13.1 Å². The summed E-state index contributed by atoms with van der Waals surface area (Å²) in [4.78, 5) is 13.1. The monoisotopic (exact) mass is 398 g/mol. The molecule has 0 aliphatic carbocycles. The molecule has 1 fully saturated rings. The van der Waals surface area contributed by atoms with E-state index < -0.39 is 5.97 Å². The normalized spacial score (nSPS) is 17.4. The largest absolute Gasteiger partial charge is 0.476 e. The number of hydrogen-bond acceptors (Lipinski definition) is 4. The second kappa shape index (κ2) is 5.72. The van der Waals surface area contributed by atoms with E-state index in [0.717, 1.165) is 13.1 Å². The number of likely N-dealkylation sites (tertiary alicyclic amines) is 1. The van der Waals surface area contributed by atoms with E-state index in [1.165, 1.54) is 15.3 Å². The van der Waals surface area contributed by atoms with E-state index in [0.29, 0.717) is 6.04 Å². The summed E-state index contributed by atoms with van der Waals surface area (Å²) in [5.74, 6) is -1.04. The molecule has 1 aliphatic rings. The predicted octanol–water partition coefficient (Wildman–Crippen LogP) is 2.20. The Balaban J connectivity index is 1.62. The molecule has 2 aromatic rings. The van der Waals surface area contributed by atoms with Crippen LogP contribution in [-0.4, -0.2) is 44.1 Å². The molecular formula is C14H15IN4O2. The first-order chi connectivity index (χ1) is 10.0. The number of carboxylic acids is 1. The molecule has 1 aromatic carbocycles. The fourth-order valence-electron chi connectivity index (χ4n) is 2.48. The molecule has 1 aliphatic heterocycles. The van der Waals surface area contributed by atoms with Gasteiger partial charge in [-0.1, -0.05) is 17.3 Å². The van der Waals surface area contributed by atoms with Gasteiger partial charge in [-0.3, -0.25) is 4.90 Å². The van der Waals surface area contributed by atoms with Crippen LogP contribution in [-0.2, 0) is 0 Å². The van der Waals surface area contributed by atoms with Crippen molar-refractivity contribution in [2.24, 2.45) is 0 Å². The zero-order chi connectivity index (χ0) is 15.0. The van der Waals surface area contributed by atoms with Crippen LogP contribution in [0.4, 0.5) is 0 Å². The van der Waals surface area contributed by atoms with Crippen molar-refractivity contribution >= 4 is 28.6 Å². The maximum atomic E-state index is 10.8. The van der Waals surface area contributed by atoms with Crippen molar-refractivity contribution in [3.63, 3.8) is 0 Å². The molecule has 1 N–H and O–H groups in total. The van der Waals surface area contributed by atoms with Gasteiger partial charge in [0.25, 0.3) is 0 Å². The van der Waals surface area contributed by atoms with Gasteiger partial charge < -0.3 is 5.11 Å². The molecule has 110 valence electrons. The highest BCUT2D eigenvalue weighted by Gasteiger charge is 2.33. The van der Waals surface area contributed by atoms with Gasteiger partial charge in [0.1, 0.15) is 0 Å². The average molecular weight is 398 g/mol. The molecule has 0 bridgehead atoms. The fraction of sp³-hybridized carbons (Fsp3) is 0.357. The molecule has 0 amide bonds. The Morgan fingerprint density at radius 2 is 2.05 bits per heavy atom. The smallest absolute Gasteiger partial charge is 0.358 e. The van der Waals surface area contributed by atoms with Gasteiger partial charge in [-0.2, -0.15) is 0 Å². The van der Waals surface area contributed by atoms with Crippen molar-refractivity contribution in [1.82, 2.24) is 19.9 Å². The summed E-state index contributed by atoms with van der Waals surface area (Å²) in [5.41, 5.74) is 1.29. The Bertz CT molecular complexity index is 649. The molecule has 21 heavy (non-hydrogen) atoms. The highest BCUT2D eigenvalue weighted by Crippen LogP contribution is 2.30. The van der Waals surface area contributed by atoms with E-state index in [2.05, 4.69) is 69.0 Å². The third-order valence-electron chi connectivity index (χ3n) is 3.89. The Kier molecular flexibility index (Phi) is 3.94. The molecule has 7 heteroatoms. The molecule has 1 aromatic heterocycles. The number of carbonyl (C=O) groups is 1. The lowest BCUT2D eigenvalue weighted by atomic mass is 10.0. The summed E-state index contributed by atoms with van der Waals surface area (Å²) in [7, 11) is 0. The minimum Gasteiger partial charge on any atom is -0.476 e. The molecule has 0 radical (unpaired) electrons. The number of aromatic carboxylic acids is 1. The molecule has 3 rings (SSSR count). The van der Waals surface area contributed by atoms with Crippen LogP contribution in [0.5, 0.6) is 0 Å². The SMILES string of the molecule is CC(c1ccc(I)cc1)N1CC(n2cc(C(=O)O)nn2)C1. The lowest BCUT2D eigenvalue weighted by molar-refractivity contribution is 0.0585. The summed E-state index contributed by atoms with van der Waals surface area (Å²) in [6.45, 7) is 3.90. The second-order valence-corrected chi connectivity index (χ2v) is 6.47. The Morgan fingerprint density at radius 1 is 1.38 bits per heavy atom. The maximum Gasteiger partial charge on any atom is 0.358 e. The number of halogens is 1. The average Bonchev–Trinajstić information content (AvgIpc) is 2.87. The van der Waals surface area contributed by atoms with Crippen molar-refractivity contribution in [2.45, 2.75) is 19.0 Å². The quantitative estimate of drug-likeness (QED) is 0.800. The molecule has 0 spiro atoms. The first-order valence-corrected chi connectivity index (χ1v) is 7.77. The van der Waals surface area contributed by atoms with Crippen LogP contribution in [0.1, 0.15) is 35.1 Å². The summed E-state index contributed by atoms with van der Waals surface area (Å²) >= 11 is 2.30. The molecule has 2 heterocycles. The third kappa shape index (κ3) is 2.93. The standard InChI is InChI=1S/C14H15IN4O2/c1-9(10-2-4-11(15)5-3-10)18-6-12(7-18)19-8-13(14(20)21)16-17-19/h2-5,8-9,12H,6-7H2,1H3,(H,20,21). The van der Waals surface area contributed by atoms with Gasteiger partial charge >= 0.3 is 5.97 Å². The number of nitrogens with zero attached hydrogens (tertiary/aromatic N) is 4. The number of rotatable bonds is 4. The summed E-state index contributed by atoms with van der Waals surface area (Å²) in [5, 5.41) is 16.4. The Labute approximate surface area is 135 Å². The maximum absolute atomic E-state index is 10.8. The molecule has 1 saturated heterocycles. The van der Waals surface area contributed by atoms with Gasteiger partial charge in [0.2, 0.25) is 0 Å². The van der Waals surface area contributed by atoms with Gasteiger partial charge in [-0.15, -0.1) is 5.10 Å². The van der Waals surface area contributed by atoms with Gasteiger partial charge in [0.15, 0.2) is 5.69 Å². The first-order valence-electron chi connectivity index (χ1n) is 6.69. The lowest BCUT2D eigenvalue weighted by Gasteiger charge is -2.43. The summed E-state index contributed by atoms with van der Waals surface area (Å²) < 4.78 is 2.88. The highest BCUT2D eigenvalue weighted by atomic mass is 127. The minimum absolute atomic E-state index is 0.000803. The predicted molar refractivity (Wildman–Crippen MR) is 85.2 cm³/mol. The van der Waals surface area contributed by atoms with E-state index >= 15 is 0 Å². The van der Waals surface area contributed by atoms with E-state index in [-0.39, 0.29) is 11.7 Å². The zero-order valence-corrected chi connectivity index (χ0v) is 13.6. The number of hydrogen-bond donors (Lipinski definition) is 1. The van der Waals surface area contributed by atoms with Crippen LogP contribution in [0.3, 0.4) is 0 Å². The van der Waals surface area contributed by atoms with Crippen molar-refractivity contribution in [3.8, 4) is 0 Å². The highest BCUT2D eigenvalue weighted by molar-refractivity contribution is 14.1. The van der Waals surface area contributed by atoms with E-state index in [1.807, 2.05) is 0 Å². The zero-order valence-electron chi connectivity index (χ0n) is 11.5. The molecule has 6 nitrogen and oxygen atoms in total. The van der Waals surface area contributed by atoms with Crippen molar-refractivity contribution in [1.29, 1.82) is 0 Å². The van der Waals surface area contributed by atoms with Gasteiger partial charge in [-0.25, -0.2) is 9.48 Å². The van der Waals surface area contributed by atoms with Crippen LogP contribution in [0.2, 0.25) is 0 Å². The number of aromatic nitrogens is 3. The van der Waals surface area contributed by atoms with Crippen LogP contribution >= 0.6 is 22.6 Å². The fourth-order valence-corrected chi connectivity index (χ4v) is 2.84. The van der Waals surface area contributed by atoms with Crippen LogP contribution in [0.15, 0.2) is 30.5 Å². The van der Waals surface area contributed by atoms with Gasteiger partial charge in [0.05, 0.1) is 12.2 Å².